The van der Waals surface area contributed by atoms with Crippen LogP contribution in [0.2, 0.25) is 0 Å². The standard InChI is InChI=1S/C15H19NO/c1-10-11(2)16(3)14-5-4-12(8-13(10)14)9-15(17)6-7-15/h4-5,8,17H,6-7,9H2,1-3H3. The van der Waals surface area contributed by atoms with Crippen molar-refractivity contribution in [3.63, 3.8) is 0 Å². The molecule has 0 atom stereocenters. The molecular weight excluding hydrogens is 210 g/mol. The third kappa shape index (κ3) is 1.67. The highest BCUT2D eigenvalue weighted by Gasteiger charge is 2.40. The number of aryl methyl sites for hydroxylation is 2. The topological polar surface area (TPSA) is 25.2 Å². The van der Waals surface area contributed by atoms with Gasteiger partial charge in [-0.05, 0) is 49.9 Å². The molecule has 1 aliphatic rings. The lowest BCUT2D eigenvalue weighted by atomic mass is 10.0. The molecule has 1 aromatic heterocycles. The van der Waals surface area contributed by atoms with E-state index >= 15 is 0 Å². The first-order valence-corrected chi connectivity index (χ1v) is 6.27. The monoisotopic (exact) mass is 229 g/mol. The summed E-state index contributed by atoms with van der Waals surface area (Å²) in [7, 11) is 2.11. The second-order valence-electron chi connectivity index (χ2n) is 5.52. The number of aromatic nitrogens is 1. The molecule has 0 aliphatic heterocycles. The van der Waals surface area contributed by atoms with E-state index in [-0.39, 0.29) is 0 Å². The van der Waals surface area contributed by atoms with Crippen molar-refractivity contribution in [2.75, 3.05) is 0 Å². The number of fused-ring (bicyclic) bond motifs is 1. The van der Waals surface area contributed by atoms with E-state index in [1.54, 1.807) is 0 Å². The summed E-state index contributed by atoms with van der Waals surface area (Å²) in [6.07, 6.45) is 2.71. The van der Waals surface area contributed by atoms with Crippen molar-refractivity contribution >= 4 is 10.9 Å². The summed E-state index contributed by atoms with van der Waals surface area (Å²) in [6, 6.07) is 6.57. The Morgan fingerprint density at radius 2 is 2.00 bits per heavy atom. The van der Waals surface area contributed by atoms with Crippen LogP contribution in [0, 0.1) is 13.8 Å². The van der Waals surface area contributed by atoms with E-state index in [0.29, 0.717) is 0 Å². The molecule has 0 amide bonds. The van der Waals surface area contributed by atoms with Crippen LogP contribution in [0.1, 0.15) is 29.7 Å². The Labute approximate surface area is 102 Å². The molecule has 2 nitrogen and oxygen atoms in total. The first kappa shape index (κ1) is 10.8. The van der Waals surface area contributed by atoms with Crippen LogP contribution < -0.4 is 0 Å². The molecule has 17 heavy (non-hydrogen) atoms. The SMILES string of the molecule is Cc1c(C)n(C)c2ccc(CC3(O)CC3)cc12. The highest BCUT2D eigenvalue weighted by molar-refractivity contribution is 5.85. The summed E-state index contributed by atoms with van der Waals surface area (Å²) < 4.78 is 2.24. The van der Waals surface area contributed by atoms with Gasteiger partial charge in [-0.1, -0.05) is 6.07 Å². The average molecular weight is 229 g/mol. The fourth-order valence-corrected chi connectivity index (χ4v) is 2.61. The van der Waals surface area contributed by atoms with E-state index < -0.39 is 5.60 Å². The zero-order valence-corrected chi connectivity index (χ0v) is 10.7. The minimum absolute atomic E-state index is 0.397. The van der Waals surface area contributed by atoms with E-state index in [0.717, 1.165) is 19.3 Å². The Morgan fingerprint density at radius 3 is 2.65 bits per heavy atom. The fraction of sp³-hybridized carbons (Fsp3) is 0.467. The quantitative estimate of drug-likeness (QED) is 0.841. The summed E-state index contributed by atoms with van der Waals surface area (Å²) in [5.74, 6) is 0. The van der Waals surface area contributed by atoms with Crippen molar-refractivity contribution in [3.05, 3.63) is 35.0 Å². The minimum atomic E-state index is -0.397. The van der Waals surface area contributed by atoms with Gasteiger partial charge in [-0.3, -0.25) is 0 Å². The minimum Gasteiger partial charge on any atom is -0.390 e. The average Bonchev–Trinajstić information content (AvgIpc) is 2.99. The largest absolute Gasteiger partial charge is 0.390 e. The zero-order chi connectivity index (χ0) is 12.2. The predicted octanol–water partition coefficient (Wildman–Crippen LogP) is 2.86. The molecule has 1 aliphatic carbocycles. The second-order valence-corrected chi connectivity index (χ2v) is 5.52. The molecule has 2 aromatic rings. The van der Waals surface area contributed by atoms with Gasteiger partial charge in [0.05, 0.1) is 5.60 Å². The maximum atomic E-state index is 9.98. The molecular formula is C15H19NO. The lowest BCUT2D eigenvalue weighted by Crippen LogP contribution is -2.10. The Kier molecular flexibility index (Phi) is 2.14. The molecule has 1 aromatic carbocycles. The third-order valence-electron chi connectivity index (χ3n) is 4.23. The van der Waals surface area contributed by atoms with Gasteiger partial charge in [0.1, 0.15) is 0 Å². The number of nitrogens with zero attached hydrogens (tertiary/aromatic N) is 1. The van der Waals surface area contributed by atoms with Crippen molar-refractivity contribution in [2.24, 2.45) is 7.05 Å². The maximum absolute atomic E-state index is 9.98. The highest BCUT2D eigenvalue weighted by Crippen LogP contribution is 2.39. The first-order valence-electron chi connectivity index (χ1n) is 6.27. The van der Waals surface area contributed by atoms with Gasteiger partial charge >= 0.3 is 0 Å². The van der Waals surface area contributed by atoms with E-state index in [9.17, 15) is 5.11 Å². The third-order valence-corrected chi connectivity index (χ3v) is 4.23. The predicted molar refractivity (Wildman–Crippen MR) is 70.3 cm³/mol. The van der Waals surface area contributed by atoms with Crippen molar-refractivity contribution in [2.45, 2.75) is 38.7 Å². The van der Waals surface area contributed by atoms with E-state index in [4.69, 9.17) is 0 Å². The van der Waals surface area contributed by atoms with Gasteiger partial charge < -0.3 is 9.67 Å². The Morgan fingerprint density at radius 1 is 1.29 bits per heavy atom. The Balaban J connectivity index is 2.09. The molecule has 90 valence electrons. The highest BCUT2D eigenvalue weighted by atomic mass is 16.3. The van der Waals surface area contributed by atoms with Crippen LogP contribution in [-0.4, -0.2) is 15.3 Å². The summed E-state index contributed by atoms with van der Waals surface area (Å²) in [5, 5.41) is 11.3. The second kappa shape index (κ2) is 3.36. The lowest BCUT2D eigenvalue weighted by molar-refractivity contribution is 0.151. The van der Waals surface area contributed by atoms with Gasteiger partial charge in [0.25, 0.3) is 0 Å². The van der Waals surface area contributed by atoms with Crippen LogP contribution in [0.15, 0.2) is 18.2 Å². The molecule has 1 N–H and O–H groups in total. The van der Waals surface area contributed by atoms with Gasteiger partial charge in [-0.2, -0.15) is 0 Å². The van der Waals surface area contributed by atoms with Crippen LogP contribution in [-0.2, 0) is 13.5 Å². The van der Waals surface area contributed by atoms with Gasteiger partial charge in [-0.15, -0.1) is 0 Å². The number of aliphatic hydroxyl groups is 1. The van der Waals surface area contributed by atoms with E-state index in [2.05, 4.69) is 43.7 Å². The first-order chi connectivity index (χ1) is 8.00. The number of benzene rings is 1. The maximum Gasteiger partial charge on any atom is 0.0690 e. The molecule has 0 bridgehead atoms. The molecule has 3 rings (SSSR count). The zero-order valence-electron chi connectivity index (χ0n) is 10.7. The summed E-state index contributed by atoms with van der Waals surface area (Å²) in [5.41, 5.74) is 4.82. The van der Waals surface area contributed by atoms with Crippen LogP contribution in [0.5, 0.6) is 0 Å². The van der Waals surface area contributed by atoms with Gasteiger partial charge in [0.15, 0.2) is 0 Å². The van der Waals surface area contributed by atoms with Crippen LogP contribution in [0.3, 0.4) is 0 Å². The molecule has 1 fully saturated rings. The van der Waals surface area contributed by atoms with Crippen molar-refractivity contribution in [1.82, 2.24) is 4.57 Å². The van der Waals surface area contributed by atoms with Crippen molar-refractivity contribution in [1.29, 1.82) is 0 Å². The molecule has 1 heterocycles. The normalized spacial score (nSPS) is 17.6. The summed E-state index contributed by atoms with van der Waals surface area (Å²) in [4.78, 5) is 0. The molecule has 1 saturated carbocycles. The van der Waals surface area contributed by atoms with Gasteiger partial charge in [0, 0.05) is 30.1 Å². The Hall–Kier alpha value is -1.28. The lowest BCUT2D eigenvalue weighted by Gasteiger charge is -2.07. The van der Waals surface area contributed by atoms with Gasteiger partial charge in [-0.25, -0.2) is 0 Å². The fourth-order valence-electron chi connectivity index (χ4n) is 2.61. The van der Waals surface area contributed by atoms with Crippen LogP contribution >= 0.6 is 0 Å². The molecule has 0 spiro atoms. The molecule has 0 unspecified atom stereocenters. The summed E-state index contributed by atoms with van der Waals surface area (Å²) >= 11 is 0. The smallest absolute Gasteiger partial charge is 0.0690 e. The Bertz CT molecular complexity index is 590. The van der Waals surface area contributed by atoms with Crippen LogP contribution in [0.25, 0.3) is 10.9 Å². The van der Waals surface area contributed by atoms with Crippen molar-refractivity contribution < 1.29 is 5.11 Å². The van der Waals surface area contributed by atoms with E-state index in [1.165, 1.54) is 27.7 Å². The van der Waals surface area contributed by atoms with Crippen molar-refractivity contribution in [3.8, 4) is 0 Å². The molecule has 0 saturated heterocycles. The number of rotatable bonds is 2. The van der Waals surface area contributed by atoms with Crippen LogP contribution in [0.4, 0.5) is 0 Å². The number of hydrogen-bond acceptors (Lipinski definition) is 1. The molecule has 2 heteroatoms. The molecule has 0 radical (unpaired) electrons. The van der Waals surface area contributed by atoms with Gasteiger partial charge in [0.2, 0.25) is 0 Å². The van der Waals surface area contributed by atoms with E-state index in [1.807, 2.05) is 0 Å². The summed E-state index contributed by atoms with van der Waals surface area (Å²) in [6.45, 7) is 4.33. The number of hydrogen-bond donors (Lipinski definition) is 1.